The second-order valence-electron chi connectivity index (χ2n) is 5.09. The number of hydrogen-bond acceptors (Lipinski definition) is 4. The Labute approximate surface area is 109 Å². The van der Waals surface area contributed by atoms with E-state index in [4.69, 9.17) is 4.74 Å². The Kier molecular flexibility index (Phi) is 5.34. The third kappa shape index (κ3) is 4.14. The van der Waals surface area contributed by atoms with Gasteiger partial charge in [-0.25, -0.2) is 4.98 Å². The summed E-state index contributed by atoms with van der Waals surface area (Å²) in [6, 6.07) is 0. The van der Waals surface area contributed by atoms with Crippen LogP contribution in [-0.4, -0.2) is 29.2 Å². The van der Waals surface area contributed by atoms with Crippen LogP contribution in [0, 0.1) is 5.41 Å². The van der Waals surface area contributed by atoms with Crippen molar-refractivity contribution in [1.82, 2.24) is 14.9 Å². The first-order chi connectivity index (χ1) is 8.49. The zero-order valence-electron chi connectivity index (χ0n) is 11.7. The molecule has 0 atom stereocenters. The van der Waals surface area contributed by atoms with Gasteiger partial charge in [0, 0.05) is 19.3 Å². The zero-order chi connectivity index (χ0) is 13.6. The Hall–Kier alpha value is -1.36. The molecular formula is C13H23N3O2. The zero-order valence-corrected chi connectivity index (χ0v) is 11.7. The van der Waals surface area contributed by atoms with Crippen molar-refractivity contribution in [3.8, 4) is 0 Å². The van der Waals surface area contributed by atoms with Gasteiger partial charge in [-0.3, -0.25) is 4.79 Å². The summed E-state index contributed by atoms with van der Waals surface area (Å²) < 4.78 is 6.72. The Morgan fingerprint density at radius 2 is 2.28 bits per heavy atom. The molecule has 0 spiro atoms. The van der Waals surface area contributed by atoms with Crippen molar-refractivity contribution >= 4 is 5.97 Å². The van der Waals surface area contributed by atoms with Crippen molar-refractivity contribution in [2.75, 3.05) is 13.7 Å². The second-order valence-corrected chi connectivity index (χ2v) is 5.09. The summed E-state index contributed by atoms with van der Waals surface area (Å²) in [5.74, 6) is -0.207. The van der Waals surface area contributed by atoms with E-state index in [1.54, 1.807) is 6.33 Å². The molecule has 1 rings (SSSR count). The minimum absolute atomic E-state index is 0.207. The summed E-state index contributed by atoms with van der Waals surface area (Å²) in [5.41, 5.74) is 0.452. The Morgan fingerprint density at radius 1 is 1.56 bits per heavy atom. The van der Waals surface area contributed by atoms with Crippen LogP contribution in [-0.2, 0) is 22.6 Å². The molecule has 1 N–H and O–H groups in total. The lowest BCUT2D eigenvalue weighted by atomic mass is 9.94. The van der Waals surface area contributed by atoms with Crippen LogP contribution < -0.4 is 5.32 Å². The first kappa shape index (κ1) is 14.7. The summed E-state index contributed by atoms with van der Waals surface area (Å²) >= 11 is 0. The van der Waals surface area contributed by atoms with Gasteiger partial charge in [0.25, 0.3) is 0 Å². The molecule has 0 saturated heterocycles. The molecule has 5 heteroatoms. The van der Waals surface area contributed by atoms with E-state index in [1.807, 2.05) is 24.6 Å². The molecule has 0 aromatic carbocycles. The van der Waals surface area contributed by atoms with Crippen LogP contribution in [0.5, 0.6) is 0 Å². The molecular weight excluding hydrogens is 230 g/mol. The van der Waals surface area contributed by atoms with Crippen LogP contribution in [0.25, 0.3) is 0 Å². The van der Waals surface area contributed by atoms with Crippen LogP contribution in [0.3, 0.4) is 0 Å². The average molecular weight is 253 g/mol. The molecule has 1 heterocycles. The van der Waals surface area contributed by atoms with Crippen LogP contribution >= 0.6 is 0 Å². The molecule has 0 aliphatic heterocycles. The van der Waals surface area contributed by atoms with Crippen LogP contribution in [0.1, 0.15) is 32.9 Å². The number of ether oxygens (including phenoxy) is 1. The van der Waals surface area contributed by atoms with Gasteiger partial charge in [0.1, 0.15) is 0 Å². The monoisotopic (exact) mass is 253 g/mol. The third-order valence-electron chi connectivity index (χ3n) is 2.74. The highest BCUT2D eigenvalue weighted by Crippen LogP contribution is 2.19. The topological polar surface area (TPSA) is 56.2 Å². The van der Waals surface area contributed by atoms with E-state index >= 15 is 0 Å². The van der Waals surface area contributed by atoms with Gasteiger partial charge in [-0.2, -0.15) is 0 Å². The fourth-order valence-electron chi connectivity index (χ4n) is 1.77. The maximum atomic E-state index is 11.6. The number of carbonyl (C=O) groups excluding carboxylic acids is 1. The number of imidazole rings is 1. The summed E-state index contributed by atoms with van der Waals surface area (Å²) in [6.07, 6.45) is 4.83. The molecule has 18 heavy (non-hydrogen) atoms. The number of nitrogens with one attached hydrogen (secondary N) is 1. The number of methoxy groups -OCH3 is 1. The molecule has 5 nitrogen and oxygen atoms in total. The molecule has 0 radical (unpaired) electrons. The number of rotatable bonds is 7. The molecule has 0 fully saturated rings. The predicted octanol–water partition coefficient (Wildman–Crippen LogP) is 1.58. The second kappa shape index (κ2) is 6.54. The Morgan fingerprint density at radius 3 is 2.89 bits per heavy atom. The molecule has 1 aromatic heterocycles. The van der Waals surface area contributed by atoms with Crippen molar-refractivity contribution in [1.29, 1.82) is 0 Å². The third-order valence-corrected chi connectivity index (χ3v) is 2.74. The van der Waals surface area contributed by atoms with Crippen molar-refractivity contribution < 1.29 is 9.53 Å². The van der Waals surface area contributed by atoms with E-state index in [9.17, 15) is 4.79 Å². The fourth-order valence-corrected chi connectivity index (χ4v) is 1.77. The number of carbonyl (C=O) groups is 1. The van der Waals surface area contributed by atoms with Gasteiger partial charge in [0.2, 0.25) is 0 Å². The van der Waals surface area contributed by atoms with E-state index in [1.165, 1.54) is 7.11 Å². The number of hydrogen-bond donors (Lipinski definition) is 1. The van der Waals surface area contributed by atoms with Gasteiger partial charge in [0.15, 0.2) is 0 Å². The maximum Gasteiger partial charge on any atom is 0.313 e. The van der Waals surface area contributed by atoms with Crippen LogP contribution in [0.4, 0.5) is 0 Å². The van der Waals surface area contributed by atoms with Gasteiger partial charge in [-0.15, -0.1) is 0 Å². The molecule has 0 saturated carbocycles. The van der Waals surface area contributed by atoms with Gasteiger partial charge >= 0.3 is 5.97 Å². The summed E-state index contributed by atoms with van der Waals surface area (Å²) in [4.78, 5) is 15.9. The van der Waals surface area contributed by atoms with Gasteiger partial charge < -0.3 is 14.6 Å². The first-order valence-electron chi connectivity index (χ1n) is 6.29. The van der Waals surface area contributed by atoms with E-state index in [2.05, 4.69) is 17.2 Å². The van der Waals surface area contributed by atoms with Crippen LogP contribution in [0.2, 0.25) is 0 Å². The lowest BCUT2D eigenvalue weighted by Gasteiger charge is -2.21. The smallest absolute Gasteiger partial charge is 0.313 e. The van der Waals surface area contributed by atoms with E-state index in [-0.39, 0.29) is 5.97 Å². The van der Waals surface area contributed by atoms with Gasteiger partial charge in [0.05, 0.1) is 24.5 Å². The molecule has 0 aliphatic carbocycles. The largest absolute Gasteiger partial charge is 0.469 e. The number of aromatic nitrogens is 2. The van der Waals surface area contributed by atoms with Crippen molar-refractivity contribution in [3.05, 3.63) is 18.2 Å². The normalized spacial score (nSPS) is 11.6. The standard InChI is InChI=1S/C13H23N3O2/c1-5-6-14-7-11-8-16(10-15-11)9-13(2,3)12(17)18-4/h8,10,14H,5-7,9H2,1-4H3. The highest BCUT2D eigenvalue weighted by Gasteiger charge is 2.29. The number of nitrogens with zero attached hydrogens (tertiary/aromatic N) is 2. The Bertz CT molecular complexity index is 385. The van der Waals surface area contributed by atoms with E-state index < -0.39 is 5.41 Å². The predicted molar refractivity (Wildman–Crippen MR) is 70.0 cm³/mol. The summed E-state index contributed by atoms with van der Waals surface area (Å²) in [6.45, 7) is 8.19. The van der Waals surface area contributed by atoms with Crippen molar-refractivity contribution in [2.45, 2.75) is 40.3 Å². The minimum Gasteiger partial charge on any atom is -0.469 e. The first-order valence-corrected chi connectivity index (χ1v) is 6.29. The minimum atomic E-state index is -0.538. The van der Waals surface area contributed by atoms with Crippen molar-refractivity contribution in [2.24, 2.45) is 5.41 Å². The molecule has 0 bridgehead atoms. The molecule has 0 aliphatic rings. The van der Waals surface area contributed by atoms with Crippen molar-refractivity contribution in [3.63, 3.8) is 0 Å². The molecule has 102 valence electrons. The maximum absolute atomic E-state index is 11.6. The lowest BCUT2D eigenvalue weighted by molar-refractivity contribution is -0.151. The number of esters is 1. The highest BCUT2D eigenvalue weighted by atomic mass is 16.5. The molecule has 1 aromatic rings. The Balaban J connectivity index is 2.55. The SMILES string of the molecule is CCCNCc1cn(CC(C)(C)C(=O)OC)cn1. The molecule has 0 unspecified atom stereocenters. The summed E-state index contributed by atoms with van der Waals surface area (Å²) in [7, 11) is 1.41. The fraction of sp³-hybridized carbons (Fsp3) is 0.692. The van der Waals surface area contributed by atoms with Gasteiger partial charge in [-0.1, -0.05) is 6.92 Å². The summed E-state index contributed by atoms with van der Waals surface area (Å²) in [5, 5.41) is 3.29. The highest BCUT2D eigenvalue weighted by molar-refractivity contribution is 5.75. The molecule has 0 amide bonds. The quantitative estimate of drug-likeness (QED) is 0.592. The van der Waals surface area contributed by atoms with Crippen LogP contribution in [0.15, 0.2) is 12.5 Å². The van der Waals surface area contributed by atoms with E-state index in [0.717, 1.165) is 25.2 Å². The van der Waals surface area contributed by atoms with E-state index in [0.29, 0.717) is 6.54 Å². The lowest BCUT2D eigenvalue weighted by Crippen LogP contribution is -2.30. The average Bonchev–Trinajstić information content (AvgIpc) is 2.75. The van der Waals surface area contributed by atoms with Gasteiger partial charge in [-0.05, 0) is 26.8 Å².